The lowest BCUT2D eigenvalue weighted by molar-refractivity contribution is 0.203. The summed E-state index contributed by atoms with van der Waals surface area (Å²) in [5, 5.41) is 5.52. The van der Waals surface area contributed by atoms with Crippen LogP contribution in [0.4, 0.5) is 0 Å². The molecule has 0 aliphatic rings. The molecule has 1 aromatic heterocycles. The van der Waals surface area contributed by atoms with Gasteiger partial charge in [-0.05, 0) is 86.2 Å². The molecule has 0 fully saturated rings. The number of halogens is 1. The topological polar surface area (TPSA) is 74.9 Å². The molecular weight excluding hydrogens is 526 g/mol. The quantitative estimate of drug-likeness (QED) is 0.186. The summed E-state index contributed by atoms with van der Waals surface area (Å²) in [6.45, 7) is 12.5. The molecule has 210 valence electrons. The molecule has 40 heavy (non-hydrogen) atoms. The van der Waals surface area contributed by atoms with Crippen molar-refractivity contribution in [2.75, 3.05) is 13.7 Å². The predicted octanol–water partition coefficient (Wildman–Crippen LogP) is 7.62. The summed E-state index contributed by atoms with van der Waals surface area (Å²) in [5.41, 5.74) is 3.72. The number of methoxy groups -OCH3 is 1. The Bertz CT molecular complexity index is 1610. The molecule has 0 N–H and O–H groups in total. The van der Waals surface area contributed by atoms with Crippen molar-refractivity contribution >= 4 is 28.7 Å². The highest BCUT2D eigenvalue weighted by molar-refractivity contribution is 6.32. The number of para-hydroxylation sites is 1. The second kappa shape index (κ2) is 12.6. The molecule has 4 aromatic rings. The summed E-state index contributed by atoms with van der Waals surface area (Å²) in [6, 6.07) is 14.8. The highest BCUT2D eigenvalue weighted by Gasteiger charge is 2.19. The molecule has 0 aliphatic carbocycles. The molecule has 3 aromatic carbocycles. The minimum atomic E-state index is -0.272. The molecule has 1 atom stereocenters. The van der Waals surface area contributed by atoms with Crippen LogP contribution in [0.15, 0.2) is 58.4 Å². The van der Waals surface area contributed by atoms with E-state index < -0.39 is 0 Å². The molecule has 0 radical (unpaired) electrons. The Morgan fingerprint density at radius 3 is 2.50 bits per heavy atom. The van der Waals surface area contributed by atoms with Gasteiger partial charge in [-0.1, -0.05) is 44.5 Å². The SMILES string of the molecule is CCOc1cc(C=Nn2c(-c3cc(C(C)C)c(OC)cc3C)nc3ccccc3c2=O)cc(Cl)c1O[C@@H](C)CC. The van der Waals surface area contributed by atoms with Gasteiger partial charge in [0, 0.05) is 5.56 Å². The Balaban J connectivity index is 1.91. The van der Waals surface area contributed by atoms with E-state index in [-0.39, 0.29) is 17.6 Å². The first-order valence-electron chi connectivity index (χ1n) is 13.6. The van der Waals surface area contributed by atoms with Crippen LogP contribution in [-0.2, 0) is 0 Å². The van der Waals surface area contributed by atoms with Crippen LogP contribution in [0, 0.1) is 6.92 Å². The maximum atomic E-state index is 13.8. The number of aryl methyl sites for hydroxylation is 1. The van der Waals surface area contributed by atoms with Gasteiger partial charge in [-0.15, -0.1) is 0 Å². The molecule has 8 heteroatoms. The summed E-state index contributed by atoms with van der Waals surface area (Å²) in [4.78, 5) is 18.6. The number of rotatable bonds is 10. The Hall–Kier alpha value is -3.84. The van der Waals surface area contributed by atoms with Crippen molar-refractivity contribution in [2.24, 2.45) is 5.10 Å². The highest BCUT2D eigenvalue weighted by atomic mass is 35.5. The lowest BCUT2D eigenvalue weighted by Gasteiger charge is -2.18. The molecule has 0 aliphatic heterocycles. The van der Waals surface area contributed by atoms with Crippen molar-refractivity contribution in [3.05, 3.63) is 80.6 Å². The third-order valence-corrected chi connectivity index (χ3v) is 7.02. The normalized spacial score (nSPS) is 12.3. The van der Waals surface area contributed by atoms with Crippen molar-refractivity contribution < 1.29 is 14.2 Å². The first-order valence-corrected chi connectivity index (χ1v) is 13.9. The number of aromatic nitrogens is 2. The van der Waals surface area contributed by atoms with E-state index in [0.717, 1.165) is 28.9 Å². The standard InChI is InChI=1S/C32H36ClN3O4/c1-8-21(6)40-30-26(33)15-22(16-29(30)39-9-2)18-34-36-31(35-27-13-11-10-12-23(27)32(36)37)25-17-24(19(3)4)28(38-7)14-20(25)5/h10-19,21H,8-9H2,1-7H3/t21-/m0/s1. The third-order valence-electron chi connectivity index (χ3n) is 6.74. The number of ether oxygens (including phenoxy) is 3. The van der Waals surface area contributed by atoms with Crippen molar-refractivity contribution in [3.8, 4) is 28.6 Å². The van der Waals surface area contributed by atoms with Crippen LogP contribution in [0.25, 0.3) is 22.3 Å². The molecule has 0 saturated carbocycles. The van der Waals surface area contributed by atoms with Crippen LogP contribution >= 0.6 is 11.6 Å². The van der Waals surface area contributed by atoms with Crippen LogP contribution in [-0.4, -0.2) is 35.7 Å². The number of benzene rings is 3. The molecule has 4 rings (SSSR count). The molecular formula is C32H36ClN3O4. The van der Waals surface area contributed by atoms with Gasteiger partial charge in [-0.3, -0.25) is 4.79 Å². The summed E-state index contributed by atoms with van der Waals surface area (Å²) < 4.78 is 18.8. The molecule has 0 bridgehead atoms. The Kier molecular flexibility index (Phi) is 9.15. The highest BCUT2D eigenvalue weighted by Crippen LogP contribution is 2.38. The fourth-order valence-corrected chi connectivity index (χ4v) is 4.68. The van der Waals surface area contributed by atoms with Gasteiger partial charge < -0.3 is 14.2 Å². The smallest absolute Gasteiger partial charge is 0.282 e. The minimum absolute atomic E-state index is 0.0236. The summed E-state index contributed by atoms with van der Waals surface area (Å²) in [7, 11) is 1.66. The van der Waals surface area contributed by atoms with E-state index in [4.69, 9.17) is 30.8 Å². The number of hydrogen-bond acceptors (Lipinski definition) is 6. The first-order chi connectivity index (χ1) is 19.2. The molecule has 0 spiro atoms. The van der Waals surface area contributed by atoms with E-state index in [0.29, 0.717) is 45.4 Å². The average Bonchev–Trinajstić information content (AvgIpc) is 2.94. The predicted molar refractivity (Wildman–Crippen MR) is 163 cm³/mol. The third kappa shape index (κ3) is 5.99. The first kappa shape index (κ1) is 29.2. The lowest BCUT2D eigenvalue weighted by atomic mass is 9.96. The van der Waals surface area contributed by atoms with Gasteiger partial charge in [-0.2, -0.15) is 9.78 Å². The molecule has 0 saturated heterocycles. The average molecular weight is 562 g/mol. The monoisotopic (exact) mass is 561 g/mol. The molecule has 1 heterocycles. The Morgan fingerprint density at radius 2 is 1.82 bits per heavy atom. The van der Waals surface area contributed by atoms with Crippen LogP contribution in [0.5, 0.6) is 17.2 Å². The number of hydrogen-bond donors (Lipinski definition) is 0. The van der Waals surface area contributed by atoms with E-state index >= 15 is 0 Å². The number of nitrogens with zero attached hydrogens (tertiary/aromatic N) is 3. The zero-order valence-corrected chi connectivity index (χ0v) is 24.9. The van der Waals surface area contributed by atoms with Crippen molar-refractivity contribution in [1.82, 2.24) is 9.66 Å². The molecule has 0 unspecified atom stereocenters. The summed E-state index contributed by atoms with van der Waals surface area (Å²) in [5.74, 6) is 2.46. The fourth-order valence-electron chi connectivity index (χ4n) is 4.42. The van der Waals surface area contributed by atoms with E-state index in [1.165, 1.54) is 4.68 Å². The summed E-state index contributed by atoms with van der Waals surface area (Å²) in [6.07, 6.45) is 2.39. The van der Waals surface area contributed by atoms with E-state index in [9.17, 15) is 4.79 Å². The van der Waals surface area contributed by atoms with Gasteiger partial charge in [-0.25, -0.2) is 4.98 Å². The van der Waals surface area contributed by atoms with Crippen LogP contribution in [0.1, 0.15) is 63.6 Å². The second-order valence-corrected chi connectivity index (χ2v) is 10.4. The van der Waals surface area contributed by atoms with E-state index in [2.05, 4.69) is 18.9 Å². The van der Waals surface area contributed by atoms with Crippen LogP contribution < -0.4 is 19.8 Å². The van der Waals surface area contributed by atoms with Gasteiger partial charge >= 0.3 is 0 Å². The van der Waals surface area contributed by atoms with Crippen LogP contribution in [0.3, 0.4) is 0 Å². The summed E-state index contributed by atoms with van der Waals surface area (Å²) >= 11 is 6.63. The van der Waals surface area contributed by atoms with Gasteiger partial charge in [0.2, 0.25) is 0 Å². The number of fused-ring (bicyclic) bond motifs is 1. The van der Waals surface area contributed by atoms with Crippen molar-refractivity contribution in [2.45, 2.75) is 60.0 Å². The minimum Gasteiger partial charge on any atom is -0.496 e. The van der Waals surface area contributed by atoms with Gasteiger partial charge in [0.05, 0.1) is 42.0 Å². The maximum Gasteiger partial charge on any atom is 0.282 e. The zero-order chi connectivity index (χ0) is 29.0. The van der Waals surface area contributed by atoms with Crippen molar-refractivity contribution in [3.63, 3.8) is 0 Å². The van der Waals surface area contributed by atoms with Crippen molar-refractivity contribution in [1.29, 1.82) is 0 Å². The van der Waals surface area contributed by atoms with Gasteiger partial charge in [0.25, 0.3) is 5.56 Å². The second-order valence-electron chi connectivity index (χ2n) is 9.98. The van der Waals surface area contributed by atoms with E-state index in [1.807, 2.05) is 64.1 Å². The fraction of sp³-hybridized carbons (Fsp3) is 0.344. The van der Waals surface area contributed by atoms with E-state index in [1.54, 1.807) is 25.5 Å². The largest absolute Gasteiger partial charge is 0.496 e. The maximum absolute atomic E-state index is 13.8. The Labute approximate surface area is 240 Å². The molecule has 0 amide bonds. The molecule has 7 nitrogen and oxygen atoms in total. The zero-order valence-electron chi connectivity index (χ0n) is 24.1. The van der Waals surface area contributed by atoms with Gasteiger partial charge in [0.1, 0.15) is 5.75 Å². The van der Waals surface area contributed by atoms with Gasteiger partial charge in [0.15, 0.2) is 17.3 Å². The Morgan fingerprint density at radius 1 is 1.07 bits per heavy atom. The van der Waals surface area contributed by atoms with Crippen LogP contribution in [0.2, 0.25) is 5.02 Å². The lowest BCUT2D eigenvalue weighted by Crippen LogP contribution is -2.21.